The van der Waals surface area contributed by atoms with Crippen LogP contribution in [0.4, 0.5) is 0 Å². The molecule has 5 heteroatoms. The van der Waals surface area contributed by atoms with Gasteiger partial charge in [-0.15, -0.1) is 0 Å². The molecule has 54 heavy (non-hydrogen) atoms. The van der Waals surface area contributed by atoms with Crippen molar-refractivity contribution in [3.8, 4) is 45.5 Å². The molecule has 11 aromatic rings. The Morgan fingerprint density at radius 3 is 1.50 bits per heavy atom. The summed E-state index contributed by atoms with van der Waals surface area (Å²) in [5.41, 5.74) is 9.71. The maximum atomic E-state index is 5.24. The van der Waals surface area contributed by atoms with Crippen LogP contribution in [0, 0.1) is 0 Å². The summed E-state index contributed by atoms with van der Waals surface area (Å²) in [6.45, 7) is 0. The third-order valence-corrected chi connectivity index (χ3v) is 10.6. The number of nitrogens with zero attached hydrogens (tertiary/aromatic N) is 5. The van der Waals surface area contributed by atoms with Crippen molar-refractivity contribution in [1.29, 1.82) is 0 Å². The average molecular weight is 690 g/mol. The molecule has 0 aliphatic heterocycles. The highest BCUT2D eigenvalue weighted by molar-refractivity contribution is 6.21. The molecular weight excluding hydrogens is 659 g/mol. The van der Waals surface area contributed by atoms with Crippen LogP contribution in [0.15, 0.2) is 188 Å². The largest absolute Gasteiger partial charge is 0.309 e. The van der Waals surface area contributed by atoms with Gasteiger partial charge >= 0.3 is 0 Å². The topological polar surface area (TPSA) is 48.5 Å². The van der Waals surface area contributed by atoms with Crippen molar-refractivity contribution in [1.82, 2.24) is 24.1 Å². The van der Waals surface area contributed by atoms with Crippen molar-refractivity contribution in [2.24, 2.45) is 0 Å². The predicted octanol–water partition coefficient (Wildman–Crippen LogP) is 12.2. The SMILES string of the molecule is c1ccc(-c2ccc(-c3nc(-c4ccccc4)nc(-n4c5ccc(-n6c7ccccc7c7ccccc76)cc5c5c6ccccc6ccc54)n3)cc2)cc1. The number of benzene rings is 8. The van der Waals surface area contributed by atoms with Crippen LogP contribution in [-0.2, 0) is 0 Å². The molecule has 0 N–H and O–H groups in total. The number of para-hydroxylation sites is 2. The lowest BCUT2D eigenvalue weighted by atomic mass is 10.0. The molecule has 5 nitrogen and oxygen atoms in total. The van der Waals surface area contributed by atoms with Gasteiger partial charge in [-0.2, -0.15) is 9.97 Å². The van der Waals surface area contributed by atoms with Crippen molar-refractivity contribution in [3.63, 3.8) is 0 Å². The van der Waals surface area contributed by atoms with E-state index >= 15 is 0 Å². The van der Waals surface area contributed by atoms with E-state index in [-0.39, 0.29) is 0 Å². The predicted molar refractivity (Wildman–Crippen MR) is 222 cm³/mol. The maximum Gasteiger partial charge on any atom is 0.238 e. The molecule has 0 saturated carbocycles. The highest BCUT2D eigenvalue weighted by Crippen LogP contribution is 2.39. The van der Waals surface area contributed by atoms with E-state index in [1.165, 1.54) is 43.5 Å². The lowest BCUT2D eigenvalue weighted by Gasteiger charge is -2.12. The molecule has 0 amide bonds. The zero-order valence-electron chi connectivity index (χ0n) is 29.1. The Bertz CT molecular complexity index is 3140. The maximum absolute atomic E-state index is 5.24. The zero-order chi connectivity index (χ0) is 35.6. The molecule has 0 fully saturated rings. The first kappa shape index (κ1) is 30.3. The van der Waals surface area contributed by atoms with Gasteiger partial charge in [-0.3, -0.25) is 4.57 Å². The lowest BCUT2D eigenvalue weighted by Crippen LogP contribution is -2.06. The summed E-state index contributed by atoms with van der Waals surface area (Å²) >= 11 is 0. The van der Waals surface area contributed by atoms with Gasteiger partial charge in [0.05, 0.1) is 22.1 Å². The molecule has 0 saturated heterocycles. The van der Waals surface area contributed by atoms with Gasteiger partial charge in [0.25, 0.3) is 0 Å². The van der Waals surface area contributed by atoms with Gasteiger partial charge in [0.2, 0.25) is 5.95 Å². The number of hydrogen-bond acceptors (Lipinski definition) is 3. The van der Waals surface area contributed by atoms with Crippen LogP contribution in [0.3, 0.4) is 0 Å². The first-order valence-corrected chi connectivity index (χ1v) is 18.2. The summed E-state index contributed by atoms with van der Waals surface area (Å²) in [5.74, 6) is 1.82. The minimum Gasteiger partial charge on any atom is -0.309 e. The standard InChI is InChI=1S/C49H31N5/c1-3-13-32(14-4-1)33-23-25-36(26-24-33)48-50-47(35-16-5-2-6-17-35)51-49(52-48)54-44-30-28-37(31-41(44)46-38-18-8-7-15-34(38)27-29-45(46)54)53-42-21-11-9-19-39(42)40-20-10-12-22-43(40)53/h1-31H. The highest BCUT2D eigenvalue weighted by atomic mass is 15.2. The molecule has 0 aliphatic rings. The van der Waals surface area contributed by atoms with Gasteiger partial charge in [0.1, 0.15) is 0 Å². The molecule has 0 atom stereocenters. The third kappa shape index (κ3) is 4.76. The molecule has 0 radical (unpaired) electrons. The van der Waals surface area contributed by atoms with Crippen molar-refractivity contribution in [3.05, 3.63) is 188 Å². The molecule has 0 spiro atoms. The first-order chi connectivity index (χ1) is 26.8. The lowest BCUT2D eigenvalue weighted by molar-refractivity contribution is 0.953. The second kappa shape index (κ2) is 12.1. The number of aromatic nitrogens is 5. The number of hydrogen-bond donors (Lipinski definition) is 0. The summed E-state index contributed by atoms with van der Waals surface area (Å²) in [7, 11) is 0. The van der Waals surface area contributed by atoms with Crippen molar-refractivity contribution >= 4 is 54.4 Å². The van der Waals surface area contributed by atoms with E-state index in [9.17, 15) is 0 Å². The Morgan fingerprint density at radius 1 is 0.315 bits per heavy atom. The fraction of sp³-hybridized carbons (Fsp3) is 0. The molecule has 0 unspecified atom stereocenters. The molecule has 3 heterocycles. The van der Waals surface area contributed by atoms with E-state index in [1.807, 2.05) is 24.3 Å². The van der Waals surface area contributed by atoms with E-state index in [2.05, 4.69) is 173 Å². The molecule has 0 aliphatic carbocycles. The minimum atomic E-state index is 0.575. The van der Waals surface area contributed by atoms with Gasteiger partial charge in [0, 0.05) is 38.4 Å². The average Bonchev–Trinajstić information content (AvgIpc) is 3.77. The number of fused-ring (bicyclic) bond motifs is 8. The summed E-state index contributed by atoms with van der Waals surface area (Å²) in [6.07, 6.45) is 0. The van der Waals surface area contributed by atoms with Crippen LogP contribution in [0.5, 0.6) is 0 Å². The first-order valence-electron chi connectivity index (χ1n) is 18.2. The van der Waals surface area contributed by atoms with E-state index in [1.54, 1.807) is 0 Å². The minimum absolute atomic E-state index is 0.575. The van der Waals surface area contributed by atoms with E-state index in [0.29, 0.717) is 17.6 Å². The smallest absolute Gasteiger partial charge is 0.238 e. The second-order valence-corrected chi connectivity index (χ2v) is 13.7. The summed E-state index contributed by atoms with van der Waals surface area (Å²) < 4.78 is 4.59. The van der Waals surface area contributed by atoms with E-state index in [0.717, 1.165) is 38.8 Å². The Balaban J connectivity index is 1.18. The molecule has 0 bridgehead atoms. The quantitative estimate of drug-likeness (QED) is 0.181. The second-order valence-electron chi connectivity index (χ2n) is 13.7. The van der Waals surface area contributed by atoms with Crippen molar-refractivity contribution in [2.75, 3.05) is 0 Å². The van der Waals surface area contributed by atoms with Gasteiger partial charge < -0.3 is 4.57 Å². The Labute approximate surface area is 311 Å². The molecule has 8 aromatic carbocycles. The highest BCUT2D eigenvalue weighted by Gasteiger charge is 2.21. The van der Waals surface area contributed by atoms with Crippen LogP contribution >= 0.6 is 0 Å². The van der Waals surface area contributed by atoms with E-state index < -0.39 is 0 Å². The van der Waals surface area contributed by atoms with Gasteiger partial charge in [-0.05, 0) is 58.3 Å². The van der Waals surface area contributed by atoms with Crippen LogP contribution in [0.1, 0.15) is 0 Å². The fourth-order valence-electron chi connectivity index (χ4n) is 8.09. The van der Waals surface area contributed by atoms with Crippen LogP contribution in [0.2, 0.25) is 0 Å². The van der Waals surface area contributed by atoms with Crippen LogP contribution < -0.4 is 0 Å². The van der Waals surface area contributed by atoms with Gasteiger partial charge in [0.15, 0.2) is 11.6 Å². The molecule has 11 rings (SSSR count). The Hall–Kier alpha value is -7.37. The monoisotopic (exact) mass is 689 g/mol. The Morgan fingerprint density at radius 2 is 0.815 bits per heavy atom. The fourth-order valence-corrected chi connectivity index (χ4v) is 8.09. The van der Waals surface area contributed by atoms with Crippen molar-refractivity contribution in [2.45, 2.75) is 0 Å². The van der Waals surface area contributed by atoms with E-state index in [4.69, 9.17) is 15.0 Å². The zero-order valence-corrected chi connectivity index (χ0v) is 29.1. The third-order valence-electron chi connectivity index (χ3n) is 10.6. The van der Waals surface area contributed by atoms with Crippen LogP contribution in [0.25, 0.3) is 99.9 Å². The van der Waals surface area contributed by atoms with Crippen LogP contribution in [-0.4, -0.2) is 24.1 Å². The molecular formula is C49H31N5. The summed E-state index contributed by atoms with van der Waals surface area (Å²) in [5, 5.41) is 7.16. The van der Waals surface area contributed by atoms with Gasteiger partial charge in [-0.1, -0.05) is 152 Å². The number of rotatable bonds is 5. The molecule has 3 aromatic heterocycles. The normalized spacial score (nSPS) is 11.7. The summed E-state index contributed by atoms with van der Waals surface area (Å²) in [4.78, 5) is 15.5. The Kier molecular flexibility index (Phi) is 6.79. The van der Waals surface area contributed by atoms with Gasteiger partial charge in [-0.25, -0.2) is 4.98 Å². The van der Waals surface area contributed by atoms with Crippen molar-refractivity contribution < 1.29 is 0 Å². The molecule has 252 valence electrons. The summed E-state index contributed by atoms with van der Waals surface area (Å²) in [6, 6.07) is 66.2.